The van der Waals surface area contributed by atoms with Crippen molar-refractivity contribution >= 4 is 46.4 Å². The van der Waals surface area contributed by atoms with Gasteiger partial charge in [0.25, 0.3) is 5.91 Å². The first kappa shape index (κ1) is 19.2. The van der Waals surface area contributed by atoms with E-state index < -0.39 is 6.04 Å². The fourth-order valence-electron chi connectivity index (χ4n) is 3.16. The molecule has 0 aliphatic carbocycles. The maximum atomic E-state index is 12.9. The standard InChI is InChI=1S/C19H20Cl2N2O2S/c1-12(13-7-8-14(20)15(21)11-13)22-18(24)16-5-2-3-9-23(16)19(25)17-6-4-10-26-17/h4,6-8,10-12,16H,2-3,5,9H2,1H3,(H,22,24)/t12-,16+/m1/s1. The van der Waals surface area contributed by atoms with Gasteiger partial charge in [0.15, 0.2) is 0 Å². The first-order chi connectivity index (χ1) is 12.5. The number of hydrogen-bond donors (Lipinski definition) is 1. The highest BCUT2D eigenvalue weighted by atomic mass is 35.5. The van der Waals surface area contributed by atoms with Crippen molar-refractivity contribution in [3.63, 3.8) is 0 Å². The van der Waals surface area contributed by atoms with E-state index in [1.807, 2.05) is 24.4 Å². The first-order valence-corrected chi connectivity index (χ1v) is 10.2. The second kappa shape index (κ2) is 8.42. The molecule has 1 aliphatic heterocycles. The zero-order valence-electron chi connectivity index (χ0n) is 14.4. The summed E-state index contributed by atoms with van der Waals surface area (Å²) in [5, 5.41) is 5.82. The monoisotopic (exact) mass is 410 g/mol. The number of amides is 2. The number of thiophene rings is 1. The minimum absolute atomic E-state index is 0.0676. The van der Waals surface area contributed by atoms with Gasteiger partial charge in [-0.2, -0.15) is 0 Å². The molecule has 0 saturated carbocycles. The van der Waals surface area contributed by atoms with Crippen molar-refractivity contribution in [1.82, 2.24) is 10.2 Å². The van der Waals surface area contributed by atoms with Gasteiger partial charge in [0.1, 0.15) is 6.04 Å². The van der Waals surface area contributed by atoms with Crippen LogP contribution >= 0.6 is 34.5 Å². The van der Waals surface area contributed by atoms with Crippen molar-refractivity contribution in [2.24, 2.45) is 0 Å². The van der Waals surface area contributed by atoms with Gasteiger partial charge in [-0.15, -0.1) is 11.3 Å². The Morgan fingerprint density at radius 2 is 2.04 bits per heavy atom. The molecule has 1 N–H and O–H groups in total. The van der Waals surface area contributed by atoms with E-state index in [0.717, 1.165) is 18.4 Å². The number of rotatable bonds is 4. The number of nitrogens with zero attached hydrogens (tertiary/aromatic N) is 1. The van der Waals surface area contributed by atoms with Crippen LogP contribution in [-0.2, 0) is 4.79 Å². The molecule has 1 aromatic heterocycles. The fourth-order valence-corrected chi connectivity index (χ4v) is 4.15. The molecule has 0 unspecified atom stereocenters. The highest BCUT2D eigenvalue weighted by Gasteiger charge is 2.33. The quantitative estimate of drug-likeness (QED) is 0.776. The van der Waals surface area contributed by atoms with Crippen LogP contribution in [0.5, 0.6) is 0 Å². The Morgan fingerprint density at radius 1 is 1.23 bits per heavy atom. The average molecular weight is 411 g/mol. The van der Waals surface area contributed by atoms with Gasteiger partial charge in [0.05, 0.1) is 21.0 Å². The third-order valence-electron chi connectivity index (χ3n) is 4.60. The summed E-state index contributed by atoms with van der Waals surface area (Å²) in [6, 6.07) is 8.30. The van der Waals surface area contributed by atoms with Gasteiger partial charge in [-0.25, -0.2) is 0 Å². The Kier molecular flexibility index (Phi) is 6.22. The van der Waals surface area contributed by atoms with Gasteiger partial charge in [0.2, 0.25) is 5.91 Å². The second-order valence-electron chi connectivity index (χ2n) is 6.39. The second-order valence-corrected chi connectivity index (χ2v) is 8.15. The van der Waals surface area contributed by atoms with Crippen LogP contribution in [0.25, 0.3) is 0 Å². The number of hydrogen-bond acceptors (Lipinski definition) is 3. The Morgan fingerprint density at radius 3 is 2.73 bits per heavy atom. The van der Waals surface area contributed by atoms with Gasteiger partial charge in [-0.3, -0.25) is 9.59 Å². The average Bonchev–Trinajstić information content (AvgIpc) is 3.18. The van der Waals surface area contributed by atoms with E-state index in [1.54, 1.807) is 23.1 Å². The Balaban J connectivity index is 1.72. The molecule has 26 heavy (non-hydrogen) atoms. The Hall–Kier alpha value is -1.56. The number of likely N-dealkylation sites (tertiary alicyclic amines) is 1. The minimum atomic E-state index is -0.441. The Bertz CT molecular complexity index is 795. The van der Waals surface area contributed by atoms with E-state index in [9.17, 15) is 9.59 Å². The lowest BCUT2D eigenvalue weighted by Crippen LogP contribution is -2.52. The molecule has 1 saturated heterocycles. The molecule has 2 aromatic rings. The van der Waals surface area contributed by atoms with Crippen LogP contribution in [0, 0.1) is 0 Å². The van der Waals surface area contributed by atoms with Crippen LogP contribution < -0.4 is 5.32 Å². The van der Waals surface area contributed by atoms with Crippen LogP contribution in [0.15, 0.2) is 35.7 Å². The maximum absolute atomic E-state index is 12.9. The zero-order valence-corrected chi connectivity index (χ0v) is 16.7. The number of benzene rings is 1. The summed E-state index contributed by atoms with van der Waals surface area (Å²) in [5.41, 5.74) is 0.875. The molecule has 2 heterocycles. The van der Waals surface area contributed by atoms with Crippen LogP contribution in [0.1, 0.15) is 47.5 Å². The van der Waals surface area contributed by atoms with Crippen LogP contribution in [-0.4, -0.2) is 29.3 Å². The summed E-state index contributed by atoms with van der Waals surface area (Å²) in [7, 11) is 0. The fraction of sp³-hybridized carbons (Fsp3) is 0.368. The molecule has 0 spiro atoms. The molecule has 4 nitrogen and oxygen atoms in total. The number of piperidine rings is 1. The van der Waals surface area contributed by atoms with Crippen LogP contribution in [0.3, 0.4) is 0 Å². The molecule has 0 radical (unpaired) electrons. The maximum Gasteiger partial charge on any atom is 0.264 e. The lowest BCUT2D eigenvalue weighted by atomic mass is 10.00. The molecular weight excluding hydrogens is 391 g/mol. The smallest absolute Gasteiger partial charge is 0.264 e. The summed E-state index contributed by atoms with van der Waals surface area (Å²) < 4.78 is 0. The first-order valence-electron chi connectivity index (χ1n) is 8.57. The largest absolute Gasteiger partial charge is 0.348 e. The number of halogens is 2. The summed E-state index contributed by atoms with van der Waals surface area (Å²) in [6.45, 7) is 2.50. The molecule has 2 atom stereocenters. The highest BCUT2D eigenvalue weighted by molar-refractivity contribution is 7.12. The van der Waals surface area contributed by atoms with Crippen LogP contribution in [0.2, 0.25) is 10.0 Å². The van der Waals surface area contributed by atoms with Gasteiger partial charge in [-0.1, -0.05) is 35.3 Å². The summed E-state index contributed by atoms with van der Waals surface area (Å²) in [5.74, 6) is -0.199. The topological polar surface area (TPSA) is 49.4 Å². The molecule has 7 heteroatoms. The number of carbonyl (C=O) groups is 2. The summed E-state index contributed by atoms with van der Waals surface area (Å²) in [6.07, 6.45) is 2.54. The van der Waals surface area contributed by atoms with Crippen molar-refractivity contribution in [2.75, 3.05) is 6.54 Å². The molecule has 1 aliphatic rings. The van der Waals surface area contributed by atoms with Crippen molar-refractivity contribution in [3.05, 3.63) is 56.2 Å². The van der Waals surface area contributed by atoms with E-state index >= 15 is 0 Å². The lowest BCUT2D eigenvalue weighted by molar-refractivity contribution is -0.127. The van der Waals surface area contributed by atoms with Crippen LogP contribution in [0.4, 0.5) is 0 Å². The predicted molar refractivity (Wildman–Crippen MR) is 106 cm³/mol. The molecule has 3 rings (SSSR count). The van der Waals surface area contributed by atoms with Crippen molar-refractivity contribution < 1.29 is 9.59 Å². The molecule has 2 amide bonds. The summed E-state index contributed by atoms with van der Waals surface area (Å²) in [4.78, 5) is 28.0. The Labute approximate surface area is 167 Å². The molecule has 138 valence electrons. The summed E-state index contributed by atoms with van der Waals surface area (Å²) >= 11 is 13.4. The third kappa shape index (κ3) is 4.22. The van der Waals surface area contributed by atoms with Crippen molar-refractivity contribution in [1.29, 1.82) is 0 Å². The lowest BCUT2D eigenvalue weighted by Gasteiger charge is -2.35. The van der Waals surface area contributed by atoms with Gasteiger partial charge in [0, 0.05) is 6.54 Å². The van der Waals surface area contributed by atoms with E-state index in [1.165, 1.54) is 11.3 Å². The molecule has 1 fully saturated rings. The SMILES string of the molecule is C[C@@H](NC(=O)[C@@H]1CCCCN1C(=O)c1cccs1)c1ccc(Cl)c(Cl)c1. The highest BCUT2D eigenvalue weighted by Crippen LogP contribution is 2.26. The van der Waals surface area contributed by atoms with Gasteiger partial charge < -0.3 is 10.2 Å². The van der Waals surface area contributed by atoms with Gasteiger partial charge >= 0.3 is 0 Å². The minimum Gasteiger partial charge on any atom is -0.348 e. The molecular formula is C19H20Cl2N2O2S. The zero-order chi connectivity index (χ0) is 18.7. The van der Waals surface area contributed by atoms with E-state index in [2.05, 4.69) is 5.32 Å². The number of carbonyl (C=O) groups excluding carboxylic acids is 2. The van der Waals surface area contributed by atoms with E-state index in [-0.39, 0.29) is 17.9 Å². The van der Waals surface area contributed by atoms with E-state index in [4.69, 9.17) is 23.2 Å². The predicted octanol–water partition coefficient (Wildman–Crippen LogP) is 4.93. The van der Waals surface area contributed by atoms with Crippen molar-refractivity contribution in [2.45, 2.75) is 38.3 Å². The molecule has 1 aromatic carbocycles. The van der Waals surface area contributed by atoms with Crippen molar-refractivity contribution in [3.8, 4) is 0 Å². The van der Waals surface area contributed by atoms with E-state index in [0.29, 0.717) is 27.9 Å². The molecule has 0 bridgehead atoms. The number of nitrogens with one attached hydrogen (secondary N) is 1. The normalized spacial score (nSPS) is 18.4. The third-order valence-corrected chi connectivity index (χ3v) is 6.20. The van der Waals surface area contributed by atoms with Gasteiger partial charge in [-0.05, 0) is 55.3 Å².